The predicted molar refractivity (Wildman–Crippen MR) is 84.6 cm³/mol. The van der Waals surface area contributed by atoms with Gasteiger partial charge in [0.05, 0.1) is 22.5 Å². The number of carbonyl (C=O) groups is 1. The van der Waals surface area contributed by atoms with Gasteiger partial charge in [-0.2, -0.15) is 5.10 Å². The molecule has 1 aromatic carbocycles. The van der Waals surface area contributed by atoms with Crippen LogP contribution in [0.25, 0.3) is 0 Å². The Balaban J connectivity index is 2.18. The zero-order valence-corrected chi connectivity index (χ0v) is 12.9. The summed E-state index contributed by atoms with van der Waals surface area (Å²) in [6.07, 6.45) is 3.58. The second kappa shape index (κ2) is 6.91. The van der Waals surface area contributed by atoms with E-state index < -0.39 is 22.3 Å². The molecule has 1 amide bonds. The highest BCUT2D eigenvalue weighted by Gasteiger charge is 2.18. The van der Waals surface area contributed by atoms with Crippen LogP contribution in [0.5, 0.6) is 5.75 Å². The monoisotopic (exact) mass is 318 g/mol. The van der Waals surface area contributed by atoms with Gasteiger partial charge in [0.1, 0.15) is 0 Å². The Bertz CT molecular complexity index is 739. The number of aryl methyl sites for hydroxylation is 1. The fourth-order valence-corrected chi connectivity index (χ4v) is 2.11. The summed E-state index contributed by atoms with van der Waals surface area (Å²) in [4.78, 5) is 22.3. The summed E-state index contributed by atoms with van der Waals surface area (Å²) in [5, 5.41) is 27.1. The zero-order chi connectivity index (χ0) is 17.0. The molecule has 0 radical (unpaired) electrons. The summed E-state index contributed by atoms with van der Waals surface area (Å²) >= 11 is 0. The molecule has 2 rings (SSSR count). The summed E-state index contributed by atoms with van der Waals surface area (Å²) in [5.74, 6) is -0.971. The van der Waals surface area contributed by atoms with Crippen LogP contribution in [0.1, 0.15) is 35.8 Å². The lowest BCUT2D eigenvalue weighted by Gasteiger charge is -2.07. The summed E-state index contributed by atoms with van der Waals surface area (Å²) < 4.78 is 1.80. The maximum atomic E-state index is 12.2. The highest BCUT2D eigenvalue weighted by atomic mass is 16.6. The summed E-state index contributed by atoms with van der Waals surface area (Å²) in [6.45, 7) is 4.69. The van der Waals surface area contributed by atoms with Gasteiger partial charge in [0.15, 0.2) is 5.75 Å². The van der Waals surface area contributed by atoms with Crippen molar-refractivity contribution in [3.63, 3.8) is 0 Å². The smallest absolute Gasteiger partial charge is 0.311 e. The number of nitrogens with one attached hydrogen (secondary N) is 1. The molecule has 0 aliphatic heterocycles. The lowest BCUT2D eigenvalue weighted by atomic mass is 10.1. The second-order valence-corrected chi connectivity index (χ2v) is 5.14. The number of nitro benzene ring substituents is 1. The van der Waals surface area contributed by atoms with E-state index in [1.54, 1.807) is 10.9 Å². The lowest BCUT2D eigenvalue weighted by molar-refractivity contribution is -0.385. The number of phenols is 1. The van der Waals surface area contributed by atoms with Crippen LogP contribution >= 0.6 is 0 Å². The molecule has 0 fully saturated rings. The third-order valence-electron chi connectivity index (χ3n) is 3.51. The lowest BCUT2D eigenvalue weighted by Crippen LogP contribution is -2.13. The average Bonchev–Trinajstić information content (AvgIpc) is 2.85. The molecule has 1 aromatic heterocycles. The van der Waals surface area contributed by atoms with Gasteiger partial charge in [-0.3, -0.25) is 19.6 Å². The molecule has 1 heterocycles. The number of anilines is 1. The first-order chi connectivity index (χ1) is 10.9. The summed E-state index contributed by atoms with van der Waals surface area (Å²) in [7, 11) is 0. The van der Waals surface area contributed by atoms with E-state index in [2.05, 4.69) is 17.3 Å². The largest absolute Gasteiger partial charge is 0.502 e. The van der Waals surface area contributed by atoms with E-state index >= 15 is 0 Å². The van der Waals surface area contributed by atoms with Crippen LogP contribution in [0.4, 0.5) is 11.4 Å². The van der Waals surface area contributed by atoms with Crippen molar-refractivity contribution in [2.75, 3.05) is 5.32 Å². The minimum atomic E-state index is -0.736. The van der Waals surface area contributed by atoms with E-state index in [-0.39, 0.29) is 5.56 Å². The molecule has 0 aliphatic carbocycles. The van der Waals surface area contributed by atoms with Crippen molar-refractivity contribution in [1.82, 2.24) is 9.78 Å². The predicted octanol–water partition coefficient (Wildman–Crippen LogP) is 2.86. The Morgan fingerprint density at radius 3 is 2.87 bits per heavy atom. The molecule has 8 heteroatoms. The topological polar surface area (TPSA) is 110 Å². The Kier molecular flexibility index (Phi) is 4.95. The molecular formula is C15H18N4O4. The van der Waals surface area contributed by atoms with Gasteiger partial charge in [-0.25, -0.2) is 0 Å². The van der Waals surface area contributed by atoms with Gasteiger partial charge >= 0.3 is 5.69 Å². The fraction of sp³-hybridized carbons (Fsp3) is 0.333. The number of hydrogen-bond donors (Lipinski definition) is 2. The minimum Gasteiger partial charge on any atom is -0.502 e. The van der Waals surface area contributed by atoms with Crippen molar-refractivity contribution in [3.05, 3.63) is 45.8 Å². The number of benzene rings is 1. The number of nitro groups is 1. The van der Waals surface area contributed by atoms with Gasteiger partial charge in [0.25, 0.3) is 5.91 Å². The number of aromatic hydroxyl groups is 1. The summed E-state index contributed by atoms with van der Waals surface area (Å²) in [6, 6.07) is 3.50. The van der Waals surface area contributed by atoms with Crippen molar-refractivity contribution in [2.45, 2.75) is 33.2 Å². The molecule has 0 bridgehead atoms. The average molecular weight is 318 g/mol. The fourth-order valence-electron chi connectivity index (χ4n) is 2.11. The highest BCUT2D eigenvalue weighted by molar-refractivity contribution is 6.05. The van der Waals surface area contributed by atoms with E-state index in [1.165, 1.54) is 6.07 Å². The van der Waals surface area contributed by atoms with Gasteiger partial charge in [-0.1, -0.05) is 13.3 Å². The van der Waals surface area contributed by atoms with Gasteiger partial charge in [-0.05, 0) is 25.5 Å². The number of amides is 1. The van der Waals surface area contributed by atoms with Gasteiger partial charge in [-0.15, -0.1) is 0 Å². The van der Waals surface area contributed by atoms with Crippen LogP contribution in [0.3, 0.4) is 0 Å². The number of unbranched alkanes of at least 4 members (excludes halogenated alkanes) is 1. The molecule has 0 saturated heterocycles. The summed E-state index contributed by atoms with van der Waals surface area (Å²) in [5.41, 5.74) is 0.963. The van der Waals surface area contributed by atoms with Crippen molar-refractivity contribution in [2.24, 2.45) is 0 Å². The van der Waals surface area contributed by atoms with Gasteiger partial charge in [0.2, 0.25) is 0 Å². The maximum Gasteiger partial charge on any atom is 0.311 e. The molecule has 122 valence electrons. The molecule has 0 saturated carbocycles. The quantitative estimate of drug-likeness (QED) is 0.628. The van der Waals surface area contributed by atoms with Crippen LogP contribution in [-0.2, 0) is 6.54 Å². The normalized spacial score (nSPS) is 10.5. The van der Waals surface area contributed by atoms with Crippen LogP contribution in [0.15, 0.2) is 24.4 Å². The van der Waals surface area contributed by atoms with E-state index in [9.17, 15) is 20.0 Å². The maximum absolute atomic E-state index is 12.2. The first-order valence-electron chi connectivity index (χ1n) is 7.25. The van der Waals surface area contributed by atoms with E-state index in [0.717, 1.165) is 37.2 Å². The number of carbonyl (C=O) groups excluding carboxylic acids is 1. The third-order valence-corrected chi connectivity index (χ3v) is 3.51. The van der Waals surface area contributed by atoms with E-state index in [4.69, 9.17) is 0 Å². The van der Waals surface area contributed by atoms with E-state index in [1.807, 2.05) is 6.92 Å². The zero-order valence-electron chi connectivity index (χ0n) is 12.9. The number of phenolic OH excluding ortho intramolecular Hbond substituents is 1. The molecule has 23 heavy (non-hydrogen) atoms. The number of aromatic nitrogens is 2. The first-order valence-corrected chi connectivity index (χ1v) is 7.25. The number of nitrogens with zero attached hydrogens (tertiary/aromatic N) is 3. The van der Waals surface area contributed by atoms with Crippen LogP contribution in [0.2, 0.25) is 0 Å². The van der Waals surface area contributed by atoms with Crippen molar-refractivity contribution < 1.29 is 14.8 Å². The van der Waals surface area contributed by atoms with Gasteiger partial charge in [0, 0.05) is 18.2 Å². The van der Waals surface area contributed by atoms with Crippen LogP contribution < -0.4 is 5.32 Å². The Morgan fingerprint density at radius 2 is 2.22 bits per heavy atom. The molecule has 0 unspecified atom stereocenters. The molecule has 2 N–H and O–H groups in total. The molecule has 0 atom stereocenters. The highest BCUT2D eigenvalue weighted by Crippen LogP contribution is 2.26. The Labute approximate surface area is 132 Å². The molecular weight excluding hydrogens is 300 g/mol. The molecule has 8 nitrogen and oxygen atoms in total. The molecule has 0 aliphatic rings. The number of rotatable bonds is 6. The third kappa shape index (κ3) is 3.65. The SMILES string of the molecule is CCCCn1ncc(NC(=O)c2ccc(O)c([N+](=O)[O-])c2)c1C. The van der Waals surface area contributed by atoms with Crippen molar-refractivity contribution >= 4 is 17.3 Å². The van der Waals surface area contributed by atoms with Crippen LogP contribution in [0, 0.1) is 17.0 Å². The van der Waals surface area contributed by atoms with Gasteiger partial charge < -0.3 is 10.4 Å². The first kappa shape index (κ1) is 16.5. The van der Waals surface area contributed by atoms with Crippen molar-refractivity contribution in [3.8, 4) is 5.75 Å². The van der Waals surface area contributed by atoms with Crippen molar-refractivity contribution in [1.29, 1.82) is 0 Å². The second-order valence-electron chi connectivity index (χ2n) is 5.14. The standard InChI is InChI=1S/C15H18N4O4/c1-3-4-7-18-10(2)12(9-16-18)17-15(21)11-5-6-14(20)13(8-11)19(22)23/h5-6,8-9,20H,3-4,7H2,1-2H3,(H,17,21). The van der Waals surface area contributed by atoms with Crippen LogP contribution in [-0.4, -0.2) is 25.7 Å². The Morgan fingerprint density at radius 1 is 1.48 bits per heavy atom. The minimum absolute atomic E-state index is 0.0928. The van der Waals surface area contributed by atoms with E-state index in [0.29, 0.717) is 5.69 Å². The number of hydrogen-bond acceptors (Lipinski definition) is 5. The molecule has 2 aromatic rings. The molecule has 0 spiro atoms. The Hall–Kier alpha value is -2.90.